The van der Waals surface area contributed by atoms with Crippen LogP contribution in [0.2, 0.25) is 0 Å². The van der Waals surface area contributed by atoms with Crippen LogP contribution >= 0.6 is 0 Å². The number of carboxylic acids is 1. The summed E-state index contributed by atoms with van der Waals surface area (Å²) in [5.74, 6) is -2.25. The number of carbonyl (C=O) groups excluding carboxylic acids is 2. The topological polar surface area (TPSA) is 108 Å². The molecule has 3 N–H and O–H groups in total. The van der Waals surface area contributed by atoms with Gasteiger partial charge in [-0.3, -0.25) is 14.6 Å². The molecule has 0 fully saturated rings. The third-order valence-corrected chi connectivity index (χ3v) is 2.28. The van der Waals surface area contributed by atoms with Crippen LogP contribution in [-0.2, 0) is 4.79 Å². The lowest BCUT2D eigenvalue weighted by Crippen LogP contribution is -2.43. The van der Waals surface area contributed by atoms with Crippen molar-refractivity contribution in [3.8, 4) is 0 Å². The highest BCUT2D eigenvalue weighted by Crippen LogP contribution is 2.07. The summed E-state index contributed by atoms with van der Waals surface area (Å²) in [4.78, 5) is 37.6. The molecule has 0 spiro atoms. The van der Waals surface area contributed by atoms with E-state index in [1.54, 1.807) is 0 Å². The highest BCUT2D eigenvalue weighted by atomic mass is 16.4. The Bertz CT molecular complexity index is 487. The number of hydrogen-bond acceptors (Lipinski definition) is 4. The summed E-state index contributed by atoms with van der Waals surface area (Å²) in [5, 5.41) is 13.7. The first kappa shape index (κ1) is 13.6. The molecule has 0 aromatic carbocycles. The average molecular weight is 251 g/mol. The van der Waals surface area contributed by atoms with Crippen LogP contribution in [0.15, 0.2) is 18.5 Å². The molecule has 7 nitrogen and oxygen atoms in total. The van der Waals surface area contributed by atoms with Gasteiger partial charge >= 0.3 is 5.97 Å². The van der Waals surface area contributed by atoms with Gasteiger partial charge < -0.3 is 15.7 Å². The smallest absolute Gasteiger partial charge is 0.338 e. The average Bonchev–Trinajstić information content (AvgIpc) is 2.37. The molecule has 1 heterocycles. The lowest BCUT2D eigenvalue weighted by Gasteiger charge is -2.13. The molecule has 0 saturated carbocycles. The predicted octanol–water partition coefficient (Wildman–Crippen LogP) is -0.356. The molecule has 1 unspecified atom stereocenters. The second-order valence-electron chi connectivity index (χ2n) is 3.54. The van der Waals surface area contributed by atoms with Crippen LogP contribution in [-0.4, -0.2) is 41.0 Å². The lowest BCUT2D eigenvalue weighted by atomic mass is 10.1. The van der Waals surface area contributed by atoms with E-state index in [2.05, 4.69) is 15.6 Å². The van der Waals surface area contributed by atoms with Gasteiger partial charge in [-0.05, 0) is 13.0 Å². The molecule has 18 heavy (non-hydrogen) atoms. The van der Waals surface area contributed by atoms with Crippen molar-refractivity contribution in [2.75, 3.05) is 7.05 Å². The van der Waals surface area contributed by atoms with Crippen LogP contribution in [0, 0.1) is 0 Å². The quantitative estimate of drug-likeness (QED) is 0.677. The van der Waals surface area contributed by atoms with Gasteiger partial charge in [0.1, 0.15) is 6.04 Å². The Labute approximate surface area is 103 Å². The molecule has 0 aliphatic rings. The highest BCUT2D eigenvalue weighted by molar-refractivity contribution is 6.05. The number of aromatic nitrogens is 1. The Morgan fingerprint density at radius 1 is 1.33 bits per heavy atom. The standard InChI is InChI=1S/C11H13N3O4/c1-6(9(15)12-2)14-10(16)7-3-4-13-5-8(7)11(17)18/h3-6H,1-2H3,(H,12,15)(H,14,16)(H,17,18). The predicted molar refractivity (Wildman–Crippen MR) is 62.2 cm³/mol. The number of amides is 2. The number of carbonyl (C=O) groups is 3. The second-order valence-corrected chi connectivity index (χ2v) is 3.54. The van der Waals surface area contributed by atoms with E-state index in [1.807, 2.05) is 0 Å². The van der Waals surface area contributed by atoms with Gasteiger partial charge in [-0.2, -0.15) is 0 Å². The van der Waals surface area contributed by atoms with Crippen molar-refractivity contribution in [1.29, 1.82) is 0 Å². The molecule has 2 amide bonds. The Kier molecular flexibility index (Phi) is 4.36. The van der Waals surface area contributed by atoms with Crippen molar-refractivity contribution in [1.82, 2.24) is 15.6 Å². The van der Waals surface area contributed by atoms with E-state index in [0.717, 1.165) is 6.20 Å². The number of nitrogens with zero attached hydrogens (tertiary/aromatic N) is 1. The third-order valence-electron chi connectivity index (χ3n) is 2.28. The van der Waals surface area contributed by atoms with E-state index in [0.29, 0.717) is 0 Å². The van der Waals surface area contributed by atoms with Crippen molar-refractivity contribution in [3.63, 3.8) is 0 Å². The molecule has 0 radical (unpaired) electrons. The first-order valence-electron chi connectivity index (χ1n) is 5.17. The van der Waals surface area contributed by atoms with Crippen LogP contribution in [0.3, 0.4) is 0 Å². The maximum Gasteiger partial charge on any atom is 0.338 e. The summed E-state index contributed by atoms with van der Waals surface area (Å²) < 4.78 is 0. The molecule has 0 saturated heterocycles. The van der Waals surface area contributed by atoms with Crippen LogP contribution in [0.25, 0.3) is 0 Å². The Morgan fingerprint density at radius 3 is 2.56 bits per heavy atom. The molecule has 1 rings (SSSR count). The zero-order valence-electron chi connectivity index (χ0n) is 9.93. The van der Waals surface area contributed by atoms with E-state index >= 15 is 0 Å². The number of aromatic carboxylic acids is 1. The summed E-state index contributed by atoms with van der Waals surface area (Å²) in [6.07, 6.45) is 2.40. The normalized spacial score (nSPS) is 11.4. The Balaban J connectivity index is 2.91. The van der Waals surface area contributed by atoms with E-state index in [9.17, 15) is 14.4 Å². The third kappa shape index (κ3) is 3.03. The molecule has 0 aliphatic heterocycles. The number of nitrogens with one attached hydrogen (secondary N) is 2. The Hall–Kier alpha value is -2.44. The van der Waals surface area contributed by atoms with Crippen molar-refractivity contribution >= 4 is 17.8 Å². The summed E-state index contributed by atoms with van der Waals surface area (Å²) in [6, 6.07) is 0.535. The molecule has 1 aromatic rings. The molecular formula is C11H13N3O4. The first-order valence-corrected chi connectivity index (χ1v) is 5.17. The number of rotatable bonds is 4. The zero-order chi connectivity index (χ0) is 13.7. The maximum absolute atomic E-state index is 11.8. The fourth-order valence-corrected chi connectivity index (χ4v) is 1.32. The molecule has 0 aliphatic carbocycles. The minimum Gasteiger partial charge on any atom is -0.478 e. The molecule has 96 valence electrons. The van der Waals surface area contributed by atoms with Gasteiger partial charge in [0.05, 0.1) is 11.1 Å². The Morgan fingerprint density at radius 2 is 2.00 bits per heavy atom. The van der Waals surface area contributed by atoms with E-state index < -0.39 is 17.9 Å². The van der Waals surface area contributed by atoms with Crippen LogP contribution in [0.1, 0.15) is 27.6 Å². The zero-order valence-corrected chi connectivity index (χ0v) is 9.93. The maximum atomic E-state index is 11.8. The van der Waals surface area contributed by atoms with Gasteiger partial charge in [0.25, 0.3) is 5.91 Å². The second kappa shape index (κ2) is 5.76. The molecule has 1 aromatic heterocycles. The van der Waals surface area contributed by atoms with Crippen LogP contribution in [0.5, 0.6) is 0 Å². The van der Waals surface area contributed by atoms with Crippen LogP contribution in [0.4, 0.5) is 0 Å². The van der Waals surface area contributed by atoms with Gasteiger partial charge in [-0.15, -0.1) is 0 Å². The molecule has 1 atom stereocenters. The van der Waals surface area contributed by atoms with Gasteiger partial charge in [-0.1, -0.05) is 0 Å². The van der Waals surface area contributed by atoms with E-state index in [-0.39, 0.29) is 17.0 Å². The SMILES string of the molecule is CNC(=O)C(C)NC(=O)c1ccncc1C(=O)O. The summed E-state index contributed by atoms with van der Waals surface area (Å²) in [7, 11) is 1.44. The van der Waals surface area contributed by atoms with Crippen molar-refractivity contribution in [3.05, 3.63) is 29.6 Å². The van der Waals surface area contributed by atoms with Crippen molar-refractivity contribution < 1.29 is 19.5 Å². The minimum absolute atomic E-state index is 0.0340. The van der Waals surface area contributed by atoms with Gasteiger partial charge in [0.2, 0.25) is 5.91 Å². The molecular weight excluding hydrogens is 238 g/mol. The highest BCUT2D eigenvalue weighted by Gasteiger charge is 2.20. The van der Waals surface area contributed by atoms with Gasteiger partial charge in [-0.25, -0.2) is 4.79 Å². The van der Waals surface area contributed by atoms with E-state index in [4.69, 9.17) is 5.11 Å². The minimum atomic E-state index is -1.25. The lowest BCUT2D eigenvalue weighted by molar-refractivity contribution is -0.122. The van der Waals surface area contributed by atoms with Gasteiger partial charge in [0.15, 0.2) is 0 Å². The molecule has 0 bridgehead atoms. The fraction of sp³-hybridized carbons (Fsp3) is 0.273. The summed E-state index contributed by atoms with van der Waals surface area (Å²) in [6.45, 7) is 1.50. The van der Waals surface area contributed by atoms with E-state index in [1.165, 1.54) is 26.2 Å². The number of carboxylic acid groups (broad SMARTS) is 1. The summed E-state index contributed by atoms with van der Waals surface area (Å²) >= 11 is 0. The van der Waals surface area contributed by atoms with Crippen molar-refractivity contribution in [2.24, 2.45) is 0 Å². The number of likely N-dealkylation sites (N-methyl/N-ethyl adjacent to an activating group) is 1. The summed E-state index contributed by atoms with van der Waals surface area (Å²) in [5.41, 5.74) is -0.243. The largest absolute Gasteiger partial charge is 0.478 e. The number of hydrogen-bond donors (Lipinski definition) is 3. The number of pyridine rings is 1. The van der Waals surface area contributed by atoms with Crippen molar-refractivity contribution in [2.45, 2.75) is 13.0 Å². The van der Waals surface area contributed by atoms with Crippen LogP contribution < -0.4 is 10.6 Å². The van der Waals surface area contributed by atoms with Gasteiger partial charge in [0, 0.05) is 19.4 Å². The molecule has 7 heteroatoms. The monoisotopic (exact) mass is 251 g/mol. The fourth-order valence-electron chi connectivity index (χ4n) is 1.32. The first-order chi connectivity index (χ1) is 8.47.